The lowest BCUT2D eigenvalue weighted by Gasteiger charge is -2.07. The van der Waals surface area contributed by atoms with Gasteiger partial charge in [0.1, 0.15) is 11.3 Å². The Labute approximate surface area is 135 Å². The monoisotopic (exact) mass is 323 g/mol. The lowest BCUT2D eigenvalue weighted by molar-refractivity contribution is 0.249. The van der Waals surface area contributed by atoms with Crippen LogP contribution in [0.2, 0.25) is 0 Å². The molecule has 23 heavy (non-hydrogen) atoms. The number of imidazole rings is 1. The maximum Gasteiger partial charge on any atom is 0.334 e. The molecule has 4 aromatic rings. The fourth-order valence-corrected chi connectivity index (χ4v) is 3.26. The molecule has 0 unspecified atom stereocenters. The average molecular weight is 323 g/mol. The Bertz CT molecular complexity index is 957. The summed E-state index contributed by atoms with van der Waals surface area (Å²) >= 11 is 1.58. The van der Waals surface area contributed by atoms with Crippen molar-refractivity contribution in [2.75, 3.05) is 5.43 Å². The number of carbonyl (C=O) groups excluding carboxylic acids is 1. The molecule has 2 aromatic heterocycles. The van der Waals surface area contributed by atoms with Crippen LogP contribution in [-0.2, 0) is 6.54 Å². The van der Waals surface area contributed by atoms with Gasteiger partial charge in [-0.3, -0.25) is 0 Å². The summed E-state index contributed by atoms with van der Waals surface area (Å²) in [6.45, 7) is 0.387. The minimum absolute atomic E-state index is 0.299. The van der Waals surface area contributed by atoms with Crippen molar-refractivity contribution >= 4 is 38.6 Å². The van der Waals surface area contributed by atoms with E-state index in [0.29, 0.717) is 6.54 Å². The van der Waals surface area contributed by atoms with Gasteiger partial charge in [-0.05, 0) is 24.3 Å². The third-order valence-electron chi connectivity index (χ3n) is 3.41. The summed E-state index contributed by atoms with van der Waals surface area (Å²) in [5, 5.41) is 3.68. The molecule has 114 valence electrons. The quantitative estimate of drug-likeness (QED) is 0.608. The maximum absolute atomic E-state index is 12.0. The third kappa shape index (κ3) is 2.74. The number of fused-ring (bicyclic) bond motifs is 2. The van der Waals surface area contributed by atoms with Crippen LogP contribution in [0.3, 0.4) is 0 Å². The van der Waals surface area contributed by atoms with Crippen molar-refractivity contribution in [1.29, 1.82) is 0 Å². The normalized spacial score (nSPS) is 11.0. The molecule has 4 rings (SSSR count). The average Bonchev–Trinajstić information content (AvgIpc) is 3.17. The number of aromatic nitrogens is 3. The van der Waals surface area contributed by atoms with Gasteiger partial charge in [-0.1, -0.05) is 24.3 Å². The Morgan fingerprint density at radius 2 is 1.87 bits per heavy atom. The Hall–Kier alpha value is -2.93. The van der Waals surface area contributed by atoms with E-state index in [1.807, 2.05) is 48.5 Å². The molecule has 0 saturated carbocycles. The highest BCUT2D eigenvalue weighted by atomic mass is 32.1. The number of hydrogen-bond donors (Lipinski definition) is 2. The summed E-state index contributed by atoms with van der Waals surface area (Å²) < 4.78 is 2.72. The van der Waals surface area contributed by atoms with Crippen LogP contribution in [-0.4, -0.2) is 20.7 Å². The first kappa shape index (κ1) is 13.7. The van der Waals surface area contributed by atoms with E-state index < -0.39 is 0 Å². The summed E-state index contributed by atoms with van der Waals surface area (Å²) in [5.74, 6) is 0. The minimum Gasteiger partial charge on any atom is -0.330 e. The van der Waals surface area contributed by atoms with Gasteiger partial charge < -0.3 is 5.32 Å². The summed E-state index contributed by atoms with van der Waals surface area (Å²) in [6, 6.07) is 15.2. The molecule has 0 bridgehead atoms. The Kier molecular flexibility index (Phi) is 3.39. The predicted molar refractivity (Wildman–Crippen MR) is 90.9 cm³/mol. The zero-order valence-corrected chi connectivity index (χ0v) is 12.9. The highest BCUT2D eigenvalue weighted by molar-refractivity contribution is 7.18. The lowest BCUT2D eigenvalue weighted by atomic mass is 10.3. The number of thiazole rings is 1. The van der Waals surface area contributed by atoms with E-state index in [4.69, 9.17) is 0 Å². The smallest absolute Gasteiger partial charge is 0.330 e. The van der Waals surface area contributed by atoms with E-state index in [2.05, 4.69) is 20.7 Å². The van der Waals surface area contributed by atoms with E-state index in [-0.39, 0.29) is 6.03 Å². The lowest BCUT2D eigenvalue weighted by Crippen LogP contribution is -2.33. The molecule has 0 fully saturated rings. The van der Waals surface area contributed by atoms with Crippen LogP contribution in [0.25, 0.3) is 21.3 Å². The maximum atomic E-state index is 12.0. The molecule has 0 aliphatic heterocycles. The highest BCUT2D eigenvalue weighted by Gasteiger charge is 2.07. The van der Waals surface area contributed by atoms with Crippen LogP contribution in [0.4, 0.5) is 4.79 Å². The molecule has 0 radical (unpaired) electrons. The number of hydrogen-bond acceptors (Lipinski definition) is 4. The van der Waals surface area contributed by atoms with E-state index in [1.54, 1.807) is 22.3 Å². The predicted octanol–water partition coefficient (Wildman–Crippen LogP) is 3.10. The van der Waals surface area contributed by atoms with Crippen molar-refractivity contribution in [2.24, 2.45) is 0 Å². The SMILES string of the molecule is O=C(NCc1nc2ccccc2s1)Nn1cnc2ccccc21. The second-order valence-electron chi connectivity index (χ2n) is 4.97. The van der Waals surface area contributed by atoms with Crippen molar-refractivity contribution in [3.05, 3.63) is 59.9 Å². The molecule has 0 spiro atoms. The van der Waals surface area contributed by atoms with Crippen molar-refractivity contribution in [3.8, 4) is 0 Å². The van der Waals surface area contributed by atoms with Crippen LogP contribution in [0.5, 0.6) is 0 Å². The standard InChI is InChI=1S/C16H13N5OS/c22-16(20-21-10-18-11-5-1-3-7-13(11)21)17-9-15-19-12-6-2-4-8-14(12)23-15/h1-8,10H,9H2,(H2,17,20,22). The Morgan fingerprint density at radius 1 is 1.09 bits per heavy atom. The van der Waals surface area contributed by atoms with Crippen LogP contribution in [0, 0.1) is 0 Å². The molecule has 2 amide bonds. The Balaban J connectivity index is 1.43. The van der Waals surface area contributed by atoms with Gasteiger partial charge in [0, 0.05) is 0 Å². The largest absolute Gasteiger partial charge is 0.334 e. The van der Waals surface area contributed by atoms with Gasteiger partial charge in [-0.15, -0.1) is 11.3 Å². The second kappa shape index (κ2) is 5.69. The van der Waals surface area contributed by atoms with Gasteiger partial charge in [-0.25, -0.2) is 24.9 Å². The first-order valence-corrected chi connectivity index (χ1v) is 7.93. The molecule has 2 N–H and O–H groups in total. The van der Waals surface area contributed by atoms with Gasteiger partial charge in [0.2, 0.25) is 0 Å². The number of urea groups is 1. The number of nitrogens with one attached hydrogen (secondary N) is 2. The number of rotatable bonds is 3. The molecule has 0 aliphatic carbocycles. The molecule has 7 heteroatoms. The van der Waals surface area contributed by atoms with Crippen molar-refractivity contribution in [2.45, 2.75) is 6.54 Å². The van der Waals surface area contributed by atoms with Crippen molar-refractivity contribution in [3.63, 3.8) is 0 Å². The van der Waals surface area contributed by atoms with Gasteiger partial charge >= 0.3 is 6.03 Å². The molecule has 2 aromatic carbocycles. The first-order chi connectivity index (χ1) is 11.3. The highest BCUT2D eigenvalue weighted by Crippen LogP contribution is 2.21. The van der Waals surface area contributed by atoms with E-state index in [0.717, 1.165) is 26.3 Å². The molecule has 6 nitrogen and oxygen atoms in total. The molecular formula is C16H13N5OS. The van der Waals surface area contributed by atoms with Crippen molar-refractivity contribution in [1.82, 2.24) is 20.0 Å². The summed E-state index contributed by atoms with van der Waals surface area (Å²) in [7, 11) is 0. The minimum atomic E-state index is -0.299. The van der Waals surface area contributed by atoms with Gasteiger partial charge in [-0.2, -0.15) is 0 Å². The molecule has 0 aliphatic rings. The summed E-state index contributed by atoms with van der Waals surface area (Å²) in [5.41, 5.74) is 5.39. The number of para-hydroxylation sites is 3. The fourth-order valence-electron chi connectivity index (χ4n) is 2.35. The summed E-state index contributed by atoms with van der Waals surface area (Å²) in [6.07, 6.45) is 1.59. The fraction of sp³-hybridized carbons (Fsp3) is 0.0625. The van der Waals surface area contributed by atoms with E-state index >= 15 is 0 Å². The zero-order valence-electron chi connectivity index (χ0n) is 12.1. The van der Waals surface area contributed by atoms with Crippen LogP contribution in [0.15, 0.2) is 54.9 Å². The molecule has 0 atom stereocenters. The third-order valence-corrected chi connectivity index (χ3v) is 4.45. The van der Waals surface area contributed by atoms with Gasteiger partial charge in [0.25, 0.3) is 0 Å². The van der Waals surface area contributed by atoms with Crippen LogP contribution < -0.4 is 10.7 Å². The number of benzene rings is 2. The Morgan fingerprint density at radius 3 is 2.74 bits per heavy atom. The summed E-state index contributed by atoms with van der Waals surface area (Å²) in [4.78, 5) is 20.8. The van der Waals surface area contributed by atoms with Gasteiger partial charge in [0.05, 0.1) is 27.8 Å². The number of carbonyl (C=O) groups is 1. The zero-order chi connectivity index (χ0) is 15.6. The van der Waals surface area contributed by atoms with Crippen LogP contribution in [0.1, 0.15) is 5.01 Å². The number of amides is 2. The second-order valence-corrected chi connectivity index (χ2v) is 6.09. The topological polar surface area (TPSA) is 71.8 Å². The van der Waals surface area contributed by atoms with Gasteiger partial charge in [0.15, 0.2) is 0 Å². The molecular weight excluding hydrogens is 310 g/mol. The van der Waals surface area contributed by atoms with Crippen molar-refractivity contribution < 1.29 is 4.79 Å². The van der Waals surface area contributed by atoms with Crippen LogP contribution >= 0.6 is 11.3 Å². The molecule has 2 heterocycles. The molecule has 0 saturated heterocycles. The van der Waals surface area contributed by atoms with E-state index in [1.165, 1.54) is 0 Å². The first-order valence-electron chi connectivity index (χ1n) is 7.11. The number of nitrogens with zero attached hydrogens (tertiary/aromatic N) is 3. The van der Waals surface area contributed by atoms with E-state index in [9.17, 15) is 4.79 Å².